The monoisotopic (exact) mass is 372 g/mol. The molecular formula is C18H24N6O3. The van der Waals surface area contributed by atoms with Crippen LogP contribution < -0.4 is 5.01 Å². The zero-order chi connectivity index (χ0) is 18.6. The van der Waals surface area contributed by atoms with Gasteiger partial charge >= 0.3 is 0 Å². The van der Waals surface area contributed by atoms with Crippen molar-refractivity contribution in [1.29, 1.82) is 0 Å². The van der Waals surface area contributed by atoms with E-state index < -0.39 is 0 Å². The molecule has 0 spiro atoms. The Bertz CT molecular complexity index is 765. The van der Waals surface area contributed by atoms with E-state index in [9.17, 15) is 10.1 Å². The number of fused-ring (bicyclic) bond motifs is 4. The molecule has 9 heteroatoms. The summed E-state index contributed by atoms with van der Waals surface area (Å²) < 4.78 is 5.60. The molecule has 0 saturated carbocycles. The Labute approximate surface area is 157 Å². The average molecular weight is 372 g/mol. The summed E-state index contributed by atoms with van der Waals surface area (Å²) in [5.74, 6) is 0. The lowest BCUT2D eigenvalue weighted by Gasteiger charge is -2.55. The van der Waals surface area contributed by atoms with E-state index in [2.05, 4.69) is 22.1 Å². The van der Waals surface area contributed by atoms with Gasteiger partial charge in [0.15, 0.2) is 0 Å². The first-order chi connectivity index (χ1) is 13.1. The molecule has 3 saturated heterocycles. The van der Waals surface area contributed by atoms with Crippen molar-refractivity contribution in [2.75, 3.05) is 38.4 Å². The predicted octanol–water partition coefficient (Wildman–Crippen LogP) is 2.05. The highest BCUT2D eigenvalue weighted by Crippen LogP contribution is 2.50. The molecule has 1 aromatic rings. The van der Waals surface area contributed by atoms with Crippen LogP contribution >= 0.6 is 0 Å². The van der Waals surface area contributed by atoms with Gasteiger partial charge in [0.2, 0.25) is 0 Å². The van der Waals surface area contributed by atoms with Crippen LogP contribution in [-0.2, 0) is 4.74 Å². The summed E-state index contributed by atoms with van der Waals surface area (Å²) in [7, 11) is 2.20. The lowest BCUT2D eigenvalue weighted by Crippen LogP contribution is -2.72. The minimum atomic E-state index is -0.369. The zero-order valence-corrected chi connectivity index (χ0v) is 15.4. The van der Waals surface area contributed by atoms with Crippen molar-refractivity contribution in [2.24, 2.45) is 10.3 Å². The van der Waals surface area contributed by atoms with E-state index in [-0.39, 0.29) is 22.3 Å². The number of hydrogen-bond donors (Lipinski definition) is 0. The van der Waals surface area contributed by atoms with Crippen LogP contribution in [0.1, 0.15) is 19.3 Å². The van der Waals surface area contributed by atoms with Crippen molar-refractivity contribution < 1.29 is 9.66 Å². The van der Waals surface area contributed by atoms with Gasteiger partial charge in [-0.05, 0) is 32.0 Å². The first-order valence-corrected chi connectivity index (χ1v) is 9.61. The molecule has 0 amide bonds. The van der Waals surface area contributed by atoms with Gasteiger partial charge in [0.05, 0.1) is 23.8 Å². The first-order valence-electron chi connectivity index (χ1n) is 9.61. The molecule has 144 valence electrons. The number of non-ortho nitro benzene ring substituents is 1. The molecule has 0 aliphatic carbocycles. The fourth-order valence-corrected chi connectivity index (χ4v) is 5.40. The summed E-state index contributed by atoms with van der Waals surface area (Å²) in [5.41, 5.74) is 0.649. The lowest BCUT2D eigenvalue weighted by molar-refractivity contribution is -0.384. The molecule has 4 atom stereocenters. The molecule has 27 heavy (non-hydrogen) atoms. The van der Waals surface area contributed by atoms with E-state index in [1.165, 1.54) is 6.42 Å². The first kappa shape index (κ1) is 17.0. The third kappa shape index (κ3) is 2.41. The van der Waals surface area contributed by atoms with Crippen molar-refractivity contribution in [3.63, 3.8) is 0 Å². The van der Waals surface area contributed by atoms with E-state index in [1.807, 2.05) is 5.01 Å². The number of nitrogens with zero attached hydrogens (tertiary/aromatic N) is 6. The van der Waals surface area contributed by atoms with Crippen molar-refractivity contribution in [2.45, 2.75) is 43.1 Å². The number of anilines is 1. The summed E-state index contributed by atoms with van der Waals surface area (Å²) in [6.45, 7) is 3.14. The SMILES string of the molecule is CN1C2CCC1C1N=NN(c3ccc([N+](=O)[O-])cc3)C1(N1CCOCC1)C2. The van der Waals surface area contributed by atoms with Crippen LogP contribution in [-0.4, -0.2) is 71.9 Å². The zero-order valence-electron chi connectivity index (χ0n) is 15.4. The fraction of sp³-hybridized carbons (Fsp3) is 0.667. The Kier molecular flexibility index (Phi) is 3.92. The average Bonchev–Trinajstić information content (AvgIpc) is 3.19. The molecule has 0 N–H and O–H groups in total. The van der Waals surface area contributed by atoms with E-state index in [1.54, 1.807) is 24.3 Å². The normalized spacial score (nSPS) is 36.2. The van der Waals surface area contributed by atoms with Gasteiger partial charge in [-0.2, -0.15) is 5.11 Å². The molecule has 4 heterocycles. The molecule has 0 aromatic heterocycles. The van der Waals surface area contributed by atoms with Crippen LogP contribution in [0.15, 0.2) is 34.6 Å². The standard InChI is InChI=1S/C18H24N6O3/c1-21-15-6-7-16(21)17-18(12-15,22-8-10-27-11-9-22)23(20-19-17)13-2-4-14(5-3-13)24(25)26/h2-5,15-17H,6-12H2,1H3. The van der Waals surface area contributed by atoms with Crippen molar-refractivity contribution >= 4 is 11.4 Å². The molecule has 4 aliphatic rings. The minimum Gasteiger partial charge on any atom is -0.379 e. The molecule has 5 rings (SSSR count). The summed E-state index contributed by atoms with van der Waals surface area (Å²) >= 11 is 0. The Balaban J connectivity index is 1.56. The number of morpholine rings is 1. The summed E-state index contributed by atoms with van der Waals surface area (Å²) in [6.07, 6.45) is 3.30. The van der Waals surface area contributed by atoms with Gasteiger partial charge < -0.3 is 4.74 Å². The van der Waals surface area contributed by atoms with Crippen LogP contribution in [0, 0.1) is 10.1 Å². The number of nitro groups is 1. The topological polar surface area (TPSA) is 86.8 Å². The van der Waals surface area contributed by atoms with Crippen LogP contribution in [0.5, 0.6) is 0 Å². The predicted molar refractivity (Wildman–Crippen MR) is 98.5 cm³/mol. The number of hydrogen-bond acceptors (Lipinski definition) is 8. The maximum Gasteiger partial charge on any atom is 0.269 e. The lowest BCUT2D eigenvalue weighted by atomic mass is 9.83. The van der Waals surface area contributed by atoms with Gasteiger partial charge in [-0.25, -0.2) is 5.01 Å². The van der Waals surface area contributed by atoms with E-state index >= 15 is 0 Å². The molecular weight excluding hydrogens is 348 g/mol. The fourth-order valence-electron chi connectivity index (χ4n) is 5.40. The molecule has 0 radical (unpaired) electrons. The summed E-state index contributed by atoms with van der Waals surface area (Å²) in [6, 6.07) is 7.67. The largest absolute Gasteiger partial charge is 0.379 e. The molecule has 3 fully saturated rings. The Morgan fingerprint density at radius 1 is 1.22 bits per heavy atom. The van der Waals surface area contributed by atoms with Crippen LogP contribution in [0.4, 0.5) is 11.4 Å². The quantitative estimate of drug-likeness (QED) is 0.596. The van der Waals surface area contributed by atoms with Gasteiger partial charge in [-0.1, -0.05) is 5.22 Å². The summed E-state index contributed by atoms with van der Waals surface area (Å²) in [5, 5.41) is 22.4. The van der Waals surface area contributed by atoms with Crippen molar-refractivity contribution in [3.8, 4) is 0 Å². The number of nitro benzene ring substituents is 1. The van der Waals surface area contributed by atoms with Crippen LogP contribution in [0.2, 0.25) is 0 Å². The minimum absolute atomic E-state index is 0.0783. The molecule has 9 nitrogen and oxygen atoms in total. The van der Waals surface area contributed by atoms with Crippen molar-refractivity contribution in [1.82, 2.24) is 9.80 Å². The van der Waals surface area contributed by atoms with Crippen LogP contribution in [0.25, 0.3) is 0 Å². The number of likely N-dealkylation sites (N-methyl/N-ethyl adjacent to an activating group) is 1. The maximum absolute atomic E-state index is 11.0. The molecule has 2 bridgehead atoms. The van der Waals surface area contributed by atoms with Gasteiger partial charge in [0, 0.05) is 43.7 Å². The molecule has 4 unspecified atom stereocenters. The third-order valence-corrected chi connectivity index (χ3v) is 6.76. The molecule has 1 aromatic carbocycles. The second-order valence-electron chi connectivity index (χ2n) is 7.88. The second kappa shape index (κ2) is 6.22. The second-order valence-corrected chi connectivity index (χ2v) is 7.88. The van der Waals surface area contributed by atoms with Gasteiger partial charge in [0.1, 0.15) is 11.7 Å². The van der Waals surface area contributed by atoms with Gasteiger partial charge in [0.25, 0.3) is 5.69 Å². The highest BCUT2D eigenvalue weighted by molar-refractivity contribution is 5.54. The van der Waals surface area contributed by atoms with Crippen LogP contribution in [0.3, 0.4) is 0 Å². The highest BCUT2D eigenvalue weighted by Gasteiger charge is 2.63. The number of ether oxygens (including phenoxy) is 1. The van der Waals surface area contributed by atoms with Gasteiger partial charge in [-0.15, -0.1) is 0 Å². The maximum atomic E-state index is 11.0. The summed E-state index contributed by atoms with van der Waals surface area (Å²) in [4.78, 5) is 15.6. The van der Waals surface area contributed by atoms with Crippen molar-refractivity contribution in [3.05, 3.63) is 34.4 Å². The van der Waals surface area contributed by atoms with E-state index in [0.29, 0.717) is 25.3 Å². The third-order valence-electron chi connectivity index (χ3n) is 6.76. The number of rotatable bonds is 3. The van der Waals surface area contributed by atoms with E-state index in [0.717, 1.165) is 31.6 Å². The Hall–Kier alpha value is -2.10. The Morgan fingerprint density at radius 3 is 2.67 bits per heavy atom. The molecule has 4 aliphatic heterocycles. The highest BCUT2D eigenvalue weighted by atomic mass is 16.6. The van der Waals surface area contributed by atoms with Gasteiger partial charge in [-0.3, -0.25) is 19.9 Å². The Morgan fingerprint density at radius 2 is 1.96 bits per heavy atom. The smallest absolute Gasteiger partial charge is 0.269 e. The number of benzene rings is 1. The number of piperidine rings is 1. The van der Waals surface area contributed by atoms with E-state index in [4.69, 9.17) is 9.85 Å².